The van der Waals surface area contributed by atoms with Gasteiger partial charge < -0.3 is 9.78 Å². The summed E-state index contributed by atoms with van der Waals surface area (Å²) in [6.07, 6.45) is 8.01. The van der Waals surface area contributed by atoms with Crippen LogP contribution in [0.4, 0.5) is 0 Å². The molecule has 1 aromatic rings. The summed E-state index contributed by atoms with van der Waals surface area (Å²) in [6.45, 7) is 2.08. The maximum atomic E-state index is 10.4. The summed E-state index contributed by atoms with van der Waals surface area (Å²) in [5, 5.41) is 0. The molecular weight excluding hydrogens is 174 g/mol. The minimum Gasteiger partial charge on any atom is -0.362 e. The smallest absolute Gasteiger partial charge is 0.120 e. The van der Waals surface area contributed by atoms with Gasteiger partial charge in [0.2, 0.25) is 0 Å². The van der Waals surface area contributed by atoms with E-state index >= 15 is 0 Å². The van der Waals surface area contributed by atoms with Gasteiger partial charge in [-0.3, -0.25) is 0 Å². The van der Waals surface area contributed by atoms with Gasteiger partial charge in [0.05, 0.1) is 0 Å². The maximum Gasteiger partial charge on any atom is 0.120 e. The fourth-order valence-corrected chi connectivity index (χ4v) is 1.88. The molecule has 0 saturated carbocycles. The number of allylic oxidation sites excluding steroid dienone is 2. The molecule has 0 unspecified atom stereocenters. The molecule has 0 saturated heterocycles. The van der Waals surface area contributed by atoms with Crippen molar-refractivity contribution in [1.82, 2.24) is 4.98 Å². The van der Waals surface area contributed by atoms with Gasteiger partial charge in [0.25, 0.3) is 0 Å². The van der Waals surface area contributed by atoms with Crippen molar-refractivity contribution in [2.45, 2.75) is 32.1 Å². The van der Waals surface area contributed by atoms with Crippen LogP contribution in [0.1, 0.15) is 36.2 Å². The first-order valence-corrected chi connectivity index (χ1v) is 5.10. The molecule has 2 heteroatoms. The van der Waals surface area contributed by atoms with Crippen LogP contribution < -0.4 is 0 Å². The third kappa shape index (κ3) is 1.65. The summed E-state index contributed by atoms with van der Waals surface area (Å²) in [5.41, 5.74) is 3.91. The lowest BCUT2D eigenvalue weighted by Crippen LogP contribution is -1.95. The standard InChI is InChI=1S/C12H15NO/c1-9(6-7-14)12-8-10-4-2-3-5-11(10)13-12/h2-3,7-9,13H,4-6H2,1H3/t9-/m0/s1. The van der Waals surface area contributed by atoms with Gasteiger partial charge in [-0.1, -0.05) is 19.1 Å². The van der Waals surface area contributed by atoms with E-state index in [1.54, 1.807) is 0 Å². The Kier molecular flexibility index (Phi) is 2.53. The highest BCUT2D eigenvalue weighted by Gasteiger charge is 2.12. The molecule has 0 bridgehead atoms. The van der Waals surface area contributed by atoms with Crippen LogP contribution in [0.2, 0.25) is 0 Å². The van der Waals surface area contributed by atoms with Crippen molar-refractivity contribution >= 4 is 6.29 Å². The zero-order valence-electron chi connectivity index (χ0n) is 8.42. The van der Waals surface area contributed by atoms with E-state index < -0.39 is 0 Å². The predicted octanol–water partition coefficient (Wildman–Crippen LogP) is 2.36. The average Bonchev–Trinajstić information content (AvgIpc) is 2.61. The number of fused-ring (bicyclic) bond motifs is 1. The molecule has 0 spiro atoms. The van der Waals surface area contributed by atoms with E-state index in [1.165, 1.54) is 17.0 Å². The number of H-pyrrole nitrogens is 1. The first kappa shape index (κ1) is 9.25. The largest absolute Gasteiger partial charge is 0.362 e. The molecule has 2 rings (SSSR count). The van der Waals surface area contributed by atoms with E-state index in [-0.39, 0.29) is 0 Å². The summed E-state index contributed by atoms with van der Waals surface area (Å²) in [6, 6.07) is 2.20. The van der Waals surface area contributed by atoms with E-state index in [2.05, 4.69) is 30.1 Å². The van der Waals surface area contributed by atoms with Crippen LogP contribution in [-0.4, -0.2) is 11.3 Å². The van der Waals surface area contributed by atoms with Gasteiger partial charge in [-0.05, 0) is 18.1 Å². The number of nitrogens with one attached hydrogen (secondary N) is 1. The second-order valence-electron chi connectivity index (χ2n) is 3.91. The van der Waals surface area contributed by atoms with Gasteiger partial charge >= 0.3 is 0 Å². The first-order chi connectivity index (χ1) is 6.81. The van der Waals surface area contributed by atoms with E-state index in [9.17, 15) is 4.79 Å². The molecule has 0 fully saturated rings. The second-order valence-corrected chi connectivity index (χ2v) is 3.91. The molecule has 0 aliphatic heterocycles. The monoisotopic (exact) mass is 189 g/mol. The van der Waals surface area contributed by atoms with Gasteiger partial charge in [0.15, 0.2) is 0 Å². The number of rotatable bonds is 3. The molecule has 1 aliphatic carbocycles. The van der Waals surface area contributed by atoms with Crippen molar-refractivity contribution < 1.29 is 4.79 Å². The number of hydrogen-bond acceptors (Lipinski definition) is 1. The lowest BCUT2D eigenvalue weighted by Gasteiger charge is -2.04. The molecule has 1 aliphatic rings. The van der Waals surface area contributed by atoms with Gasteiger partial charge in [-0.15, -0.1) is 0 Å². The number of carbonyl (C=O) groups is 1. The molecule has 1 aromatic heterocycles. The van der Waals surface area contributed by atoms with Crippen LogP contribution in [0.3, 0.4) is 0 Å². The first-order valence-electron chi connectivity index (χ1n) is 5.10. The molecule has 0 radical (unpaired) electrons. The van der Waals surface area contributed by atoms with Crippen molar-refractivity contribution in [1.29, 1.82) is 0 Å². The minimum absolute atomic E-state index is 0.318. The van der Waals surface area contributed by atoms with E-state index in [0.717, 1.165) is 19.1 Å². The van der Waals surface area contributed by atoms with Crippen LogP contribution in [0.5, 0.6) is 0 Å². The zero-order chi connectivity index (χ0) is 9.97. The fourth-order valence-electron chi connectivity index (χ4n) is 1.88. The van der Waals surface area contributed by atoms with E-state index in [0.29, 0.717) is 12.3 Å². The van der Waals surface area contributed by atoms with Crippen LogP contribution in [-0.2, 0) is 17.6 Å². The maximum absolute atomic E-state index is 10.4. The Labute approximate surface area is 84.0 Å². The normalized spacial score (nSPS) is 16.4. The van der Waals surface area contributed by atoms with Gasteiger partial charge in [-0.2, -0.15) is 0 Å². The molecule has 2 nitrogen and oxygen atoms in total. The predicted molar refractivity (Wildman–Crippen MR) is 56.4 cm³/mol. The lowest BCUT2D eigenvalue weighted by molar-refractivity contribution is -0.108. The van der Waals surface area contributed by atoms with Gasteiger partial charge in [0, 0.05) is 30.1 Å². The summed E-state index contributed by atoms with van der Waals surface area (Å²) in [5.74, 6) is 0.318. The van der Waals surface area contributed by atoms with E-state index in [1.807, 2.05) is 0 Å². The van der Waals surface area contributed by atoms with Crippen molar-refractivity contribution in [2.24, 2.45) is 0 Å². The fraction of sp³-hybridized carbons (Fsp3) is 0.417. The Morgan fingerprint density at radius 2 is 2.29 bits per heavy atom. The highest BCUT2D eigenvalue weighted by molar-refractivity contribution is 5.51. The highest BCUT2D eigenvalue weighted by atomic mass is 16.1. The molecular formula is C12H15NO. The number of hydrogen-bond donors (Lipinski definition) is 1. The van der Waals surface area contributed by atoms with Crippen molar-refractivity contribution in [2.75, 3.05) is 0 Å². The number of aromatic amines is 1. The molecule has 1 atom stereocenters. The second kappa shape index (κ2) is 3.82. The van der Waals surface area contributed by atoms with Crippen LogP contribution in [0.15, 0.2) is 18.2 Å². The van der Waals surface area contributed by atoms with E-state index in [4.69, 9.17) is 0 Å². The highest BCUT2D eigenvalue weighted by Crippen LogP contribution is 2.23. The summed E-state index contributed by atoms with van der Waals surface area (Å²) in [4.78, 5) is 13.8. The molecule has 0 aromatic carbocycles. The zero-order valence-corrected chi connectivity index (χ0v) is 8.42. The molecule has 0 amide bonds. The Morgan fingerprint density at radius 3 is 3.00 bits per heavy atom. The summed E-state index contributed by atoms with van der Waals surface area (Å²) in [7, 11) is 0. The van der Waals surface area contributed by atoms with Crippen LogP contribution >= 0.6 is 0 Å². The summed E-state index contributed by atoms with van der Waals surface area (Å²) >= 11 is 0. The Bertz CT molecular complexity index is 337. The molecule has 1 N–H and O–H groups in total. The minimum atomic E-state index is 0.318. The van der Waals surface area contributed by atoms with Crippen molar-refractivity contribution in [3.63, 3.8) is 0 Å². The third-order valence-corrected chi connectivity index (χ3v) is 2.82. The Balaban J connectivity index is 2.20. The number of carbonyl (C=O) groups excluding carboxylic acids is 1. The van der Waals surface area contributed by atoms with Crippen molar-refractivity contribution in [3.05, 3.63) is 35.2 Å². The molecule has 14 heavy (non-hydrogen) atoms. The van der Waals surface area contributed by atoms with Crippen LogP contribution in [0.25, 0.3) is 0 Å². The topological polar surface area (TPSA) is 32.9 Å². The summed E-state index contributed by atoms with van der Waals surface area (Å²) < 4.78 is 0. The Hall–Kier alpha value is -1.31. The number of aromatic nitrogens is 1. The SMILES string of the molecule is C[C@@H](CC=O)c1cc2c([nH]1)CC=CC2. The molecule has 74 valence electrons. The van der Waals surface area contributed by atoms with Gasteiger partial charge in [-0.25, -0.2) is 0 Å². The Morgan fingerprint density at radius 1 is 1.50 bits per heavy atom. The number of aldehydes is 1. The third-order valence-electron chi connectivity index (χ3n) is 2.82. The average molecular weight is 189 g/mol. The molecule has 1 heterocycles. The van der Waals surface area contributed by atoms with Crippen molar-refractivity contribution in [3.8, 4) is 0 Å². The quantitative estimate of drug-likeness (QED) is 0.574. The van der Waals surface area contributed by atoms with Crippen LogP contribution in [0, 0.1) is 0 Å². The lowest BCUT2D eigenvalue weighted by atomic mass is 10.0. The van der Waals surface area contributed by atoms with Gasteiger partial charge in [0.1, 0.15) is 6.29 Å².